The fourth-order valence-electron chi connectivity index (χ4n) is 0. The summed E-state index contributed by atoms with van der Waals surface area (Å²) >= 11 is 0. The fraction of sp³-hybridized carbons (Fsp3) is 0.840. The maximum atomic E-state index is 8.70. The largest absolute Gasteiger partial charge is 1.00 e. The van der Waals surface area contributed by atoms with Crippen LogP contribution in [0.2, 0.25) is 0 Å². The van der Waals surface area contributed by atoms with Crippen molar-refractivity contribution in [3.05, 3.63) is 19.9 Å². The average molecular weight is 677 g/mol. The SMILES string of the molecule is C.C.C.C.C.C.C.C.C.C.C.C.C.C.C.C.C.C.C.C.C.O.O.O.O=C=O.O=C=O.O=COO.O=CO[O-].O=O.O=O.[H+].[H+].[H+].[H+].[H+].[H+].[H+].[H+].[H+].[HH]. The Bertz CT molecular complexity index is 228. The van der Waals surface area contributed by atoms with Gasteiger partial charge >= 0.3 is 31.6 Å². The molecule has 42 heavy (non-hydrogen) atoms. The first-order valence-corrected chi connectivity index (χ1v) is 2.44. The predicted octanol–water partition coefficient (Wildman–Crippen LogP) is 9.18. The maximum Gasteiger partial charge on any atom is 1.00 e. The summed E-state index contributed by atoms with van der Waals surface area (Å²) in [6, 6.07) is 0. The van der Waals surface area contributed by atoms with Crippen LogP contribution in [0.4, 0.5) is 0 Å². The summed E-state index contributed by atoms with van der Waals surface area (Å²) in [6.45, 7) is -0.250. The number of carbonyl (C=O) groups is 2. The quantitative estimate of drug-likeness (QED) is 0.162. The van der Waals surface area contributed by atoms with Crippen LogP contribution in [-0.2, 0) is 38.5 Å². The Hall–Kier alpha value is -3.30. The lowest BCUT2D eigenvalue weighted by molar-refractivity contribution is -0.652. The minimum Gasteiger partial charge on any atom is -0.662 e. The highest BCUT2D eigenvalue weighted by Gasteiger charge is 1.47. The summed E-state index contributed by atoms with van der Waals surface area (Å²) in [4.78, 5) is 83.3. The Morgan fingerprint density at radius 3 is 0.500 bits per heavy atom. The third-order valence-electron chi connectivity index (χ3n) is 0.0823. The van der Waals surface area contributed by atoms with Gasteiger partial charge in [-0.2, -0.15) is 19.2 Å². The molecule has 298 valence electrons. The van der Waals surface area contributed by atoms with E-state index in [-0.39, 0.29) is 212 Å². The first-order valence-electron chi connectivity index (χ1n) is 2.44. The molecule has 0 aliphatic rings. The Balaban J connectivity index is -0.000000000779. The number of carbonyl (C=O) groups excluding carboxylic acids is 6. The van der Waals surface area contributed by atoms with Crippen LogP contribution in [0.25, 0.3) is 0 Å². The summed E-state index contributed by atoms with van der Waals surface area (Å²) in [5.74, 6) is 0. The molecule has 0 atom stereocenters. The van der Waals surface area contributed by atoms with E-state index in [0.717, 1.165) is 0 Å². The van der Waals surface area contributed by atoms with E-state index < -0.39 is 0 Å². The second-order valence-electron chi connectivity index (χ2n) is 0.561. The first kappa shape index (κ1) is 727. The molecule has 0 aromatic heterocycles. The van der Waals surface area contributed by atoms with Gasteiger partial charge in [0, 0.05) is 21.3 Å². The van der Waals surface area contributed by atoms with E-state index in [4.69, 9.17) is 59.1 Å². The lowest BCUT2D eigenvalue weighted by Gasteiger charge is -1.88. The number of hydrogen-bond donors (Lipinski definition) is 1. The highest BCUT2D eigenvalue weighted by atomic mass is 17.1. The average Bonchev–Trinajstić information content (AvgIpc) is 2.45. The van der Waals surface area contributed by atoms with Crippen molar-refractivity contribution in [2.45, 2.75) is 156 Å². The van der Waals surface area contributed by atoms with Gasteiger partial charge < -0.3 is 31.5 Å². The van der Waals surface area contributed by atoms with Gasteiger partial charge in [0.25, 0.3) is 6.47 Å². The van der Waals surface area contributed by atoms with Crippen molar-refractivity contribution in [3.8, 4) is 0 Å². The molecule has 0 aliphatic heterocycles. The van der Waals surface area contributed by atoms with Gasteiger partial charge in [-0.25, -0.2) is 5.26 Å². The Morgan fingerprint density at radius 2 is 0.500 bits per heavy atom. The van der Waals surface area contributed by atoms with Gasteiger partial charge in [0.2, 0.25) is 0 Å². The van der Waals surface area contributed by atoms with Crippen LogP contribution in [0.3, 0.4) is 0 Å². The Labute approximate surface area is 281 Å². The molecule has 0 aromatic carbocycles. The molecule has 0 unspecified atom stereocenters. The smallest absolute Gasteiger partial charge is 0.662 e. The van der Waals surface area contributed by atoms with Crippen molar-refractivity contribution in [2.24, 2.45) is 0 Å². The first-order chi connectivity index (χ1) is 8.66. The van der Waals surface area contributed by atoms with E-state index >= 15 is 0 Å². The van der Waals surface area contributed by atoms with Crippen molar-refractivity contribution in [2.75, 3.05) is 0 Å². The molecule has 0 spiro atoms. The third-order valence-corrected chi connectivity index (χ3v) is 0.0823. The van der Waals surface area contributed by atoms with Gasteiger partial charge in [0.05, 0.1) is 0 Å². The molecule has 0 rings (SSSR count). The molecule has 0 heterocycles. The summed E-state index contributed by atoms with van der Waals surface area (Å²) in [6.07, 6.45) is 0.500. The number of hydrogen-bond acceptors (Lipinski definition) is 14. The standard InChI is InChI=1S/2CH2O3.2CO2.21CH4.2O2.3H2O.H2/c2*2-1-4-3;2*2-1-3;;;;;;;;;;;;;;;;;;;;;;2*1-2;;;;/h2*1,3H;;;21*1H4;;;3*1H2;1H/p+8. The van der Waals surface area contributed by atoms with Crippen LogP contribution in [0.1, 0.15) is 170 Å². The van der Waals surface area contributed by atoms with Gasteiger partial charge in [0.15, 0.2) is 0 Å². The van der Waals surface area contributed by atoms with Gasteiger partial charge in [-0.05, 0) is 0 Å². The van der Waals surface area contributed by atoms with Crippen molar-refractivity contribution in [1.29, 1.82) is 0 Å². The molecule has 7 N–H and O–H groups in total. The molecular weight excluding hydrogens is 572 g/mol. The predicted molar refractivity (Wildman–Crippen MR) is 205 cm³/mol. The van der Waals surface area contributed by atoms with Crippen molar-refractivity contribution < 1.29 is 79.8 Å². The second kappa shape index (κ2) is 6970. The summed E-state index contributed by atoms with van der Waals surface area (Å²) < 4.78 is 0. The minimum atomic E-state index is -0.181. The third kappa shape index (κ3) is 27700. The van der Waals surface area contributed by atoms with Crippen molar-refractivity contribution >= 4 is 25.2 Å². The molecule has 0 saturated heterocycles. The second-order valence-corrected chi connectivity index (χ2v) is 0.561. The molecular formula is C25H104O17+8. The molecule has 0 fully saturated rings. The van der Waals surface area contributed by atoms with E-state index in [1.54, 1.807) is 0 Å². The highest BCUT2D eigenvalue weighted by molar-refractivity contribution is 5.35. The zero-order chi connectivity index (χ0) is 16.2. The highest BCUT2D eigenvalue weighted by Crippen LogP contribution is 1.33. The van der Waals surface area contributed by atoms with Crippen LogP contribution in [0.15, 0.2) is 0 Å². The maximum absolute atomic E-state index is 8.70. The van der Waals surface area contributed by atoms with Crippen LogP contribution >= 0.6 is 0 Å². The van der Waals surface area contributed by atoms with E-state index in [0.29, 0.717) is 0 Å². The molecule has 0 saturated carbocycles. The lowest BCUT2D eigenvalue weighted by Crippen LogP contribution is -2.00. The van der Waals surface area contributed by atoms with Gasteiger partial charge in [0.1, 0.15) is 0 Å². The molecule has 0 aliphatic carbocycles. The van der Waals surface area contributed by atoms with Crippen LogP contribution in [-0.4, -0.2) is 46.9 Å². The molecule has 0 bridgehead atoms. The van der Waals surface area contributed by atoms with Crippen LogP contribution < -0.4 is 5.26 Å². The van der Waals surface area contributed by atoms with E-state index in [1.165, 1.54) is 0 Å². The van der Waals surface area contributed by atoms with Crippen LogP contribution in [0.5, 0.6) is 0 Å². The zero-order valence-corrected chi connectivity index (χ0v) is 9.41. The zero-order valence-electron chi connectivity index (χ0n) is 18.4. The molecule has 0 radical (unpaired) electrons. The fourth-order valence-corrected chi connectivity index (χ4v) is 0. The van der Waals surface area contributed by atoms with Gasteiger partial charge in [-0.15, -0.1) is 0 Å². The molecule has 17 nitrogen and oxygen atoms in total. The number of rotatable bonds is 2. The Morgan fingerprint density at radius 1 is 0.452 bits per heavy atom. The minimum absolute atomic E-state index is 0. The van der Waals surface area contributed by atoms with Gasteiger partial charge in [-0.3, -0.25) is 9.59 Å². The Kier molecular flexibility index (Phi) is 121000. The molecule has 0 aromatic rings. The summed E-state index contributed by atoms with van der Waals surface area (Å²) in [5, 5.41) is 15.4. The lowest BCUT2D eigenvalue weighted by atomic mass is 11.7. The van der Waals surface area contributed by atoms with E-state index in [9.17, 15) is 0 Å². The molecule has 17 heteroatoms. The van der Waals surface area contributed by atoms with E-state index in [2.05, 4.69) is 9.78 Å². The summed E-state index contributed by atoms with van der Waals surface area (Å²) in [7, 11) is 0. The van der Waals surface area contributed by atoms with Crippen LogP contribution in [0, 0.1) is 19.9 Å². The van der Waals surface area contributed by atoms with Gasteiger partial charge in [-0.1, -0.05) is 156 Å². The molecule has 0 amide bonds. The van der Waals surface area contributed by atoms with E-state index in [1.807, 2.05) is 0 Å². The van der Waals surface area contributed by atoms with Crippen molar-refractivity contribution in [1.82, 2.24) is 0 Å². The normalized spacial score (nSPS) is 1.57. The topological polar surface area (TPSA) is 327 Å². The summed E-state index contributed by atoms with van der Waals surface area (Å²) in [5.41, 5.74) is 0. The monoisotopic (exact) mass is 677 g/mol. The van der Waals surface area contributed by atoms with Crippen molar-refractivity contribution in [3.63, 3.8) is 0 Å².